The second-order valence-corrected chi connectivity index (χ2v) is 6.49. The van der Waals surface area contributed by atoms with Crippen molar-refractivity contribution >= 4 is 10.0 Å². The van der Waals surface area contributed by atoms with Gasteiger partial charge in [-0.15, -0.1) is 0 Å². The molecule has 0 atom stereocenters. The molecule has 0 aromatic heterocycles. The van der Waals surface area contributed by atoms with Crippen molar-refractivity contribution in [2.45, 2.75) is 6.04 Å². The first-order chi connectivity index (χ1) is 6.97. The molecule has 0 amide bonds. The van der Waals surface area contributed by atoms with Gasteiger partial charge in [-0.2, -0.15) is 11.4 Å². The van der Waals surface area contributed by atoms with Crippen LogP contribution in [0.3, 0.4) is 0 Å². The van der Waals surface area contributed by atoms with Gasteiger partial charge in [-0.05, 0) is 0 Å². The standard InChI is InChI=1S/C9H19N3O2S/c1-10-7-9(8-10)11-3-5-12(6-4-11)15(2,13)14/h9-10H,1,3-8H2,2H3. The molecule has 5 nitrogen and oxygen atoms in total. The summed E-state index contributed by atoms with van der Waals surface area (Å²) in [6.45, 7) is 5.21. The molecule has 6 heteroatoms. The Kier molecular flexibility index (Phi) is 3.03. The Morgan fingerprint density at radius 2 is 1.73 bits per heavy atom. The van der Waals surface area contributed by atoms with Crippen LogP contribution in [0.2, 0.25) is 0 Å². The summed E-state index contributed by atoms with van der Waals surface area (Å²) in [6.07, 6.45) is 1.29. The minimum Gasteiger partial charge on any atom is -0.465 e. The van der Waals surface area contributed by atoms with E-state index in [9.17, 15) is 8.42 Å². The number of hydrogen-bond donors (Lipinski definition) is 1. The summed E-state index contributed by atoms with van der Waals surface area (Å²) in [7, 11) is 0.941. The van der Waals surface area contributed by atoms with E-state index >= 15 is 0 Å². The van der Waals surface area contributed by atoms with Crippen LogP contribution in [-0.2, 0) is 10.0 Å². The van der Waals surface area contributed by atoms with Gasteiger partial charge in [-0.1, -0.05) is 0 Å². The fourth-order valence-corrected chi connectivity index (χ4v) is 3.09. The summed E-state index contributed by atoms with van der Waals surface area (Å²) < 4.78 is 24.1. The van der Waals surface area contributed by atoms with E-state index in [2.05, 4.69) is 11.9 Å². The van der Waals surface area contributed by atoms with Gasteiger partial charge < -0.3 is 4.90 Å². The zero-order valence-electron chi connectivity index (χ0n) is 9.15. The van der Waals surface area contributed by atoms with Gasteiger partial charge in [-0.3, -0.25) is 4.90 Å². The molecule has 15 heavy (non-hydrogen) atoms. The van der Waals surface area contributed by atoms with E-state index in [0.29, 0.717) is 19.1 Å². The molecule has 0 radical (unpaired) electrons. The van der Waals surface area contributed by atoms with Gasteiger partial charge >= 0.3 is 0 Å². The van der Waals surface area contributed by atoms with Crippen LogP contribution < -0.4 is 4.90 Å². The number of rotatable bonds is 2. The van der Waals surface area contributed by atoms with Gasteiger partial charge in [0, 0.05) is 26.2 Å². The number of piperazine rings is 1. The SMILES string of the molecule is [CH2-][NH+]1CC(N2CCN(S(C)(=O)=O)CC2)C1. The Hall–Kier alpha value is -0.170. The van der Waals surface area contributed by atoms with Crippen molar-refractivity contribution in [3.63, 3.8) is 0 Å². The number of sulfonamides is 1. The van der Waals surface area contributed by atoms with Crippen LogP contribution in [0.1, 0.15) is 0 Å². The third-order valence-electron chi connectivity index (χ3n) is 3.31. The van der Waals surface area contributed by atoms with Crippen LogP contribution in [0.4, 0.5) is 0 Å². The average molecular weight is 233 g/mol. The number of nitrogens with one attached hydrogen (secondary N) is 1. The molecule has 0 saturated carbocycles. The first-order valence-corrected chi connectivity index (χ1v) is 7.17. The third kappa shape index (κ3) is 2.50. The smallest absolute Gasteiger partial charge is 0.211 e. The molecule has 0 aromatic carbocycles. The molecule has 0 spiro atoms. The van der Waals surface area contributed by atoms with E-state index in [0.717, 1.165) is 26.2 Å². The number of hydrogen-bond acceptors (Lipinski definition) is 3. The number of nitrogens with zero attached hydrogens (tertiary/aromatic N) is 2. The molecule has 0 unspecified atom stereocenters. The van der Waals surface area contributed by atoms with Crippen molar-refractivity contribution in [3.05, 3.63) is 7.05 Å². The fourth-order valence-electron chi connectivity index (χ4n) is 2.27. The van der Waals surface area contributed by atoms with Crippen LogP contribution >= 0.6 is 0 Å². The van der Waals surface area contributed by atoms with Crippen molar-refractivity contribution in [1.82, 2.24) is 9.21 Å². The van der Waals surface area contributed by atoms with E-state index in [1.807, 2.05) is 0 Å². The van der Waals surface area contributed by atoms with Gasteiger partial charge in [0.1, 0.15) is 6.04 Å². The summed E-state index contributed by atoms with van der Waals surface area (Å²) in [5, 5.41) is 0. The topological polar surface area (TPSA) is 45.1 Å². The molecule has 2 saturated heterocycles. The minimum absolute atomic E-state index is 0.624. The van der Waals surface area contributed by atoms with Gasteiger partial charge in [0.15, 0.2) is 0 Å². The van der Waals surface area contributed by atoms with Crippen LogP contribution in [-0.4, -0.2) is 69.2 Å². The van der Waals surface area contributed by atoms with E-state index in [-0.39, 0.29) is 0 Å². The first kappa shape index (κ1) is 11.3. The van der Waals surface area contributed by atoms with E-state index in [1.54, 1.807) is 4.31 Å². The molecule has 0 bridgehead atoms. The third-order valence-corrected chi connectivity index (χ3v) is 4.61. The molecule has 1 N–H and O–H groups in total. The highest BCUT2D eigenvalue weighted by molar-refractivity contribution is 7.88. The van der Waals surface area contributed by atoms with Gasteiger partial charge in [0.2, 0.25) is 10.0 Å². The molecule has 2 fully saturated rings. The molecular formula is C9H19N3O2S. The first-order valence-electron chi connectivity index (χ1n) is 5.32. The number of quaternary nitrogens is 1. The molecule has 2 aliphatic heterocycles. The van der Waals surface area contributed by atoms with Crippen LogP contribution in [0, 0.1) is 7.05 Å². The maximum Gasteiger partial charge on any atom is 0.211 e. The lowest BCUT2D eigenvalue weighted by atomic mass is 10.1. The number of likely N-dealkylation sites (tertiary alicyclic amines) is 1. The van der Waals surface area contributed by atoms with Gasteiger partial charge in [0.05, 0.1) is 19.3 Å². The van der Waals surface area contributed by atoms with E-state index in [4.69, 9.17) is 0 Å². The predicted octanol–water partition coefficient (Wildman–Crippen LogP) is -2.38. The van der Waals surface area contributed by atoms with Gasteiger partial charge in [-0.25, -0.2) is 8.42 Å². The van der Waals surface area contributed by atoms with Crippen molar-refractivity contribution in [2.75, 3.05) is 45.5 Å². The Morgan fingerprint density at radius 3 is 2.13 bits per heavy atom. The van der Waals surface area contributed by atoms with Crippen LogP contribution in [0.5, 0.6) is 0 Å². The highest BCUT2D eigenvalue weighted by atomic mass is 32.2. The summed E-state index contributed by atoms with van der Waals surface area (Å²) in [5.74, 6) is 0. The lowest BCUT2D eigenvalue weighted by Crippen LogP contribution is -3.18. The summed E-state index contributed by atoms with van der Waals surface area (Å²) in [5.41, 5.74) is 0. The molecular weight excluding hydrogens is 214 g/mol. The average Bonchev–Trinajstić information content (AvgIpc) is 2.12. The molecule has 0 aromatic rings. The van der Waals surface area contributed by atoms with Crippen molar-refractivity contribution < 1.29 is 13.3 Å². The highest BCUT2D eigenvalue weighted by Crippen LogP contribution is 2.09. The van der Waals surface area contributed by atoms with E-state index in [1.165, 1.54) is 11.2 Å². The minimum atomic E-state index is -2.99. The Labute approximate surface area is 91.7 Å². The monoisotopic (exact) mass is 233 g/mol. The molecule has 2 aliphatic rings. The quantitative estimate of drug-likeness (QED) is 0.542. The highest BCUT2D eigenvalue weighted by Gasteiger charge is 2.34. The predicted molar refractivity (Wildman–Crippen MR) is 57.8 cm³/mol. The summed E-state index contributed by atoms with van der Waals surface area (Å²) >= 11 is 0. The molecule has 2 rings (SSSR count). The Bertz CT molecular complexity index is 316. The lowest BCUT2D eigenvalue weighted by Gasteiger charge is -2.46. The van der Waals surface area contributed by atoms with E-state index < -0.39 is 10.0 Å². The molecule has 2 heterocycles. The van der Waals surface area contributed by atoms with Crippen molar-refractivity contribution in [1.29, 1.82) is 0 Å². The summed E-state index contributed by atoms with van der Waals surface area (Å²) in [4.78, 5) is 3.71. The maximum absolute atomic E-state index is 11.3. The maximum atomic E-state index is 11.3. The van der Waals surface area contributed by atoms with Crippen molar-refractivity contribution in [2.24, 2.45) is 0 Å². The normalized spacial score (nSPS) is 35.1. The lowest BCUT2D eigenvalue weighted by molar-refractivity contribution is -0.902. The zero-order valence-corrected chi connectivity index (χ0v) is 9.96. The Balaban J connectivity index is 1.82. The molecule has 88 valence electrons. The Morgan fingerprint density at radius 1 is 1.20 bits per heavy atom. The fraction of sp³-hybridized carbons (Fsp3) is 0.889. The summed E-state index contributed by atoms with van der Waals surface area (Å²) in [6, 6.07) is 0.624. The van der Waals surface area contributed by atoms with Crippen molar-refractivity contribution in [3.8, 4) is 0 Å². The van der Waals surface area contributed by atoms with Crippen LogP contribution in [0.25, 0.3) is 0 Å². The van der Waals surface area contributed by atoms with Gasteiger partial charge in [0.25, 0.3) is 0 Å². The van der Waals surface area contributed by atoms with Crippen LogP contribution in [0.15, 0.2) is 0 Å². The second-order valence-electron chi connectivity index (χ2n) is 4.51. The zero-order chi connectivity index (χ0) is 11.1. The molecule has 0 aliphatic carbocycles. The second kappa shape index (κ2) is 4.01. The largest absolute Gasteiger partial charge is 0.465 e.